The van der Waals surface area contributed by atoms with Gasteiger partial charge in [-0.2, -0.15) is 0 Å². The standard InChI is InChI=1S/C12H15NO3/c1-4-13(12(15)16-3)11-7-5-6-10(8-11)9(2)14/h5-8H,4H2,1-3H3. The Morgan fingerprint density at radius 2 is 2.06 bits per heavy atom. The van der Waals surface area contributed by atoms with E-state index in [0.29, 0.717) is 17.8 Å². The number of hydrogen-bond donors (Lipinski definition) is 0. The summed E-state index contributed by atoms with van der Waals surface area (Å²) in [5.74, 6) is -0.0252. The summed E-state index contributed by atoms with van der Waals surface area (Å²) in [4.78, 5) is 24.1. The van der Waals surface area contributed by atoms with Crippen molar-refractivity contribution < 1.29 is 14.3 Å². The quantitative estimate of drug-likeness (QED) is 0.736. The zero-order valence-electron chi connectivity index (χ0n) is 9.69. The second-order valence-electron chi connectivity index (χ2n) is 3.32. The Kier molecular flexibility index (Phi) is 4.05. The average molecular weight is 221 g/mol. The molecule has 0 atom stereocenters. The van der Waals surface area contributed by atoms with E-state index in [0.717, 1.165) is 0 Å². The number of amides is 1. The van der Waals surface area contributed by atoms with Crippen molar-refractivity contribution in [2.24, 2.45) is 0 Å². The lowest BCUT2D eigenvalue weighted by molar-refractivity contribution is 0.101. The second-order valence-corrected chi connectivity index (χ2v) is 3.32. The highest BCUT2D eigenvalue weighted by atomic mass is 16.5. The first-order valence-electron chi connectivity index (χ1n) is 5.06. The molecule has 0 heterocycles. The molecule has 1 amide bonds. The molecule has 1 rings (SSSR count). The van der Waals surface area contributed by atoms with E-state index in [1.807, 2.05) is 6.92 Å². The third-order valence-electron chi connectivity index (χ3n) is 2.28. The van der Waals surface area contributed by atoms with Crippen molar-refractivity contribution in [2.45, 2.75) is 13.8 Å². The lowest BCUT2D eigenvalue weighted by Gasteiger charge is -2.19. The minimum atomic E-state index is -0.428. The SMILES string of the molecule is CCN(C(=O)OC)c1cccc(C(C)=O)c1. The summed E-state index contributed by atoms with van der Waals surface area (Å²) in [5, 5.41) is 0. The van der Waals surface area contributed by atoms with Crippen molar-refractivity contribution in [3.05, 3.63) is 29.8 Å². The Labute approximate surface area is 94.8 Å². The van der Waals surface area contributed by atoms with Gasteiger partial charge in [0.2, 0.25) is 0 Å². The number of rotatable bonds is 3. The van der Waals surface area contributed by atoms with Crippen molar-refractivity contribution in [2.75, 3.05) is 18.6 Å². The molecule has 0 aliphatic heterocycles. The third kappa shape index (κ3) is 2.59. The number of carbonyl (C=O) groups excluding carboxylic acids is 2. The maximum absolute atomic E-state index is 11.4. The van der Waals surface area contributed by atoms with Crippen LogP contribution in [0.3, 0.4) is 0 Å². The summed E-state index contributed by atoms with van der Waals surface area (Å²) in [5.41, 5.74) is 1.25. The van der Waals surface area contributed by atoms with Gasteiger partial charge in [-0.05, 0) is 26.0 Å². The molecule has 0 saturated carbocycles. The van der Waals surface area contributed by atoms with E-state index in [-0.39, 0.29) is 5.78 Å². The van der Waals surface area contributed by atoms with Gasteiger partial charge in [0.05, 0.1) is 7.11 Å². The van der Waals surface area contributed by atoms with Crippen molar-refractivity contribution in [1.82, 2.24) is 0 Å². The summed E-state index contributed by atoms with van der Waals surface area (Å²) >= 11 is 0. The highest BCUT2D eigenvalue weighted by Gasteiger charge is 2.14. The zero-order valence-corrected chi connectivity index (χ0v) is 9.69. The number of methoxy groups -OCH3 is 1. The minimum Gasteiger partial charge on any atom is -0.452 e. The molecule has 0 N–H and O–H groups in total. The number of nitrogens with zero attached hydrogens (tertiary/aromatic N) is 1. The van der Waals surface area contributed by atoms with E-state index < -0.39 is 6.09 Å². The number of Topliss-reactive ketones (excluding diaryl/α,β-unsaturated/α-hetero) is 1. The molecule has 0 saturated heterocycles. The van der Waals surface area contributed by atoms with Gasteiger partial charge in [0, 0.05) is 17.8 Å². The minimum absolute atomic E-state index is 0.0252. The number of ether oxygens (including phenoxy) is 1. The lowest BCUT2D eigenvalue weighted by Crippen LogP contribution is -2.30. The van der Waals surface area contributed by atoms with Crippen LogP contribution < -0.4 is 4.90 Å². The molecule has 1 aromatic rings. The molecule has 0 aliphatic carbocycles. The van der Waals surface area contributed by atoms with Gasteiger partial charge in [0.15, 0.2) is 5.78 Å². The molecule has 0 unspecified atom stereocenters. The van der Waals surface area contributed by atoms with E-state index in [4.69, 9.17) is 0 Å². The number of carbonyl (C=O) groups is 2. The molecular weight excluding hydrogens is 206 g/mol. The van der Waals surface area contributed by atoms with Gasteiger partial charge in [-0.1, -0.05) is 12.1 Å². The van der Waals surface area contributed by atoms with Crippen LogP contribution in [-0.2, 0) is 4.74 Å². The summed E-state index contributed by atoms with van der Waals surface area (Å²) < 4.78 is 4.66. The van der Waals surface area contributed by atoms with E-state index >= 15 is 0 Å². The average Bonchev–Trinajstić information content (AvgIpc) is 2.30. The molecule has 0 fully saturated rings. The molecule has 0 aliphatic rings. The largest absolute Gasteiger partial charge is 0.452 e. The smallest absolute Gasteiger partial charge is 0.413 e. The third-order valence-corrected chi connectivity index (χ3v) is 2.28. The molecule has 0 radical (unpaired) electrons. The lowest BCUT2D eigenvalue weighted by atomic mass is 10.1. The van der Waals surface area contributed by atoms with Crippen LogP contribution in [0.15, 0.2) is 24.3 Å². The second kappa shape index (κ2) is 5.30. The van der Waals surface area contributed by atoms with Crippen molar-refractivity contribution in [1.29, 1.82) is 0 Å². The Morgan fingerprint density at radius 3 is 2.56 bits per heavy atom. The highest BCUT2D eigenvalue weighted by Crippen LogP contribution is 2.17. The molecule has 86 valence electrons. The Bertz CT molecular complexity index is 401. The fourth-order valence-electron chi connectivity index (χ4n) is 1.42. The Hall–Kier alpha value is -1.84. The topological polar surface area (TPSA) is 46.6 Å². The molecule has 4 heteroatoms. The Balaban J connectivity index is 3.06. The maximum atomic E-state index is 11.4. The van der Waals surface area contributed by atoms with Crippen LogP contribution in [-0.4, -0.2) is 25.5 Å². The Morgan fingerprint density at radius 1 is 1.38 bits per heavy atom. The van der Waals surface area contributed by atoms with E-state index in [1.165, 1.54) is 18.9 Å². The first-order valence-corrected chi connectivity index (χ1v) is 5.06. The van der Waals surface area contributed by atoms with Crippen molar-refractivity contribution in [3.63, 3.8) is 0 Å². The summed E-state index contributed by atoms with van der Waals surface area (Å²) in [6.07, 6.45) is -0.428. The van der Waals surface area contributed by atoms with E-state index in [9.17, 15) is 9.59 Å². The molecule has 0 aromatic heterocycles. The highest BCUT2D eigenvalue weighted by molar-refractivity contribution is 5.96. The van der Waals surface area contributed by atoms with Gasteiger partial charge in [-0.25, -0.2) is 4.79 Å². The first kappa shape index (κ1) is 12.2. The predicted molar refractivity (Wildman–Crippen MR) is 61.9 cm³/mol. The summed E-state index contributed by atoms with van der Waals surface area (Å²) in [6, 6.07) is 6.92. The van der Waals surface area contributed by atoms with Gasteiger partial charge in [0.1, 0.15) is 0 Å². The predicted octanol–water partition coefficient (Wildman–Crippen LogP) is 2.48. The fraction of sp³-hybridized carbons (Fsp3) is 0.333. The van der Waals surface area contributed by atoms with Crippen LogP contribution in [0.5, 0.6) is 0 Å². The van der Waals surface area contributed by atoms with Crippen molar-refractivity contribution >= 4 is 17.6 Å². The molecule has 1 aromatic carbocycles. The van der Waals surface area contributed by atoms with E-state index in [1.54, 1.807) is 24.3 Å². The molecule has 0 bridgehead atoms. The molecule has 16 heavy (non-hydrogen) atoms. The van der Waals surface area contributed by atoms with Gasteiger partial charge in [0.25, 0.3) is 0 Å². The maximum Gasteiger partial charge on any atom is 0.413 e. The van der Waals surface area contributed by atoms with Gasteiger partial charge < -0.3 is 4.74 Å². The fourth-order valence-corrected chi connectivity index (χ4v) is 1.42. The van der Waals surface area contributed by atoms with Gasteiger partial charge >= 0.3 is 6.09 Å². The number of anilines is 1. The molecular formula is C12H15NO3. The summed E-state index contributed by atoms with van der Waals surface area (Å²) in [6.45, 7) is 3.83. The van der Waals surface area contributed by atoms with Crippen LogP contribution in [0.1, 0.15) is 24.2 Å². The number of ketones is 1. The van der Waals surface area contributed by atoms with Crippen LogP contribution >= 0.6 is 0 Å². The zero-order chi connectivity index (χ0) is 12.1. The van der Waals surface area contributed by atoms with Crippen molar-refractivity contribution in [3.8, 4) is 0 Å². The normalized spacial score (nSPS) is 9.69. The van der Waals surface area contributed by atoms with Gasteiger partial charge in [-0.3, -0.25) is 9.69 Å². The monoisotopic (exact) mass is 221 g/mol. The van der Waals surface area contributed by atoms with Crippen LogP contribution in [0.4, 0.5) is 10.5 Å². The number of hydrogen-bond acceptors (Lipinski definition) is 3. The van der Waals surface area contributed by atoms with Gasteiger partial charge in [-0.15, -0.1) is 0 Å². The molecule has 4 nitrogen and oxygen atoms in total. The van der Waals surface area contributed by atoms with Crippen LogP contribution in [0.2, 0.25) is 0 Å². The van der Waals surface area contributed by atoms with E-state index in [2.05, 4.69) is 4.74 Å². The number of benzene rings is 1. The summed E-state index contributed by atoms with van der Waals surface area (Å²) in [7, 11) is 1.33. The van der Waals surface area contributed by atoms with Crippen LogP contribution in [0.25, 0.3) is 0 Å². The molecule has 0 spiro atoms. The van der Waals surface area contributed by atoms with Crippen LogP contribution in [0, 0.1) is 0 Å². The first-order chi connectivity index (χ1) is 7.60.